The summed E-state index contributed by atoms with van der Waals surface area (Å²) in [6, 6.07) is 3.78. The lowest BCUT2D eigenvalue weighted by Crippen LogP contribution is -2.04. The number of hydrogen-bond donors (Lipinski definition) is 1. The summed E-state index contributed by atoms with van der Waals surface area (Å²) in [6.07, 6.45) is 2.50. The van der Waals surface area contributed by atoms with Gasteiger partial charge in [-0.2, -0.15) is 0 Å². The Hall–Kier alpha value is -1.33. The highest BCUT2D eigenvalue weighted by atomic mass is 79.9. The number of aryl methyl sites for hydroxylation is 2. The minimum Gasteiger partial charge on any atom is -0.438 e. The summed E-state index contributed by atoms with van der Waals surface area (Å²) in [5.74, 6) is 1.91. The Balaban J connectivity index is 2.27. The van der Waals surface area contributed by atoms with Gasteiger partial charge in [0.1, 0.15) is 22.4 Å². The molecule has 0 amide bonds. The second kappa shape index (κ2) is 7.09. The van der Waals surface area contributed by atoms with Crippen LogP contribution in [-0.4, -0.2) is 16.5 Å². The zero-order chi connectivity index (χ0) is 15.4. The van der Waals surface area contributed by atoms with Gasteiger partial charge >= 0.3 is 0 Å². The van der Waals surface area contributed by atoms with Gasteiger partial charge < -0.3 is 10.1 Å². The first-order chi connectivity index (χ1) is 10.0. The number of halogens is 2. The first kappa shape index (κ1) is 16.0. The van der Waals surface area contributed by atoms with Crippen LogP contribution in [0.15, 0.2) is 22.9 Å². The fraction of sp³-hybridized carbons (Fsp3) is 0.333. The molecule has 0 bridgehead atoms. The SMILES string of the molecule is CCCNc1ncnc(Oc2cc(C)c(Cl)c(C)c2)c1Br. The Morgan fingerprint density at radius 2 is 1.90 bits per heavy atom. The van der Waals surface area contributed by atoms with Crippen LogP contribution in [0.4, 0.5) is 5.82 Å². The van der Waals surface area contributed by atoms with Crippen molar-refractivity contribution in [3.05, 3.63) is 39.1 Å². The molecule has 1 aromatic heterocycles. The zero-order valence-corrected chi connectivity index (χ0v) is 14.5. The van der Waals surface area contributed by atoms with Crippen LogP contribution in [0.2, 0.25) is 5.02 Å². The monoisotopic (exact) mass is 369 g/mol. The first-order valence-corrected chi connectivity index (χ1v) is 7.89. The quantitative estimate of drug-likeness (QED) is 0.793. The number of ether oxygens (including phenoxy) is 1. The third-order valence-electron chi connectivity index (χ3n) is 2.92. The van der Waals surface area contributed by atoms with Crippen molar-refractivity contribution in [2.45, 2.75) is 27.2 Å². The molecule has 0 saturated heterocycles. The van der Waals surface area contributed by atoms with Gasteiger partial charge in [-0.25, -0.2) is 9.97 Å². The topological polar surface area (TPSA) is 47.0 Å². The van der Waals surface area contributed by atoms with Gasteiger partial charge in [0.25, 0.3) is 0 Å². The van der Waals surface area contributed by atoms with E-state index in [1.54, 1.807) is 0 Å². The molecule has 2 rings (SSSR count). The zero-order valence-electron chi connectivity index (χ0n) is 12.2. The molecule has 0 aliphatic rings. The molecule has 1 aromatic carbocycles. The lowest BCUT2D eigenvalue weighted by Gasteiger charge is -2.12. The van der Waals surface area contributed by atoms with E-state index in [1.807, 2.05) is 26.0 Å². The first-order valence-electron chi connectivity index (χ1n) is 6.72. The van der Waals surface area contributed by atoms with Crippen LogP contribution in [-0.2, 0) is 0 Å². The average Bonchev–Trinajstić information content (AvgIpc) is 2.45. The molecule has 1 heterocycles. The summed E-state index contributed by atoms with van der Waals surface area (Å²) in [5, 5.41) is 3.98. The number of benzene rings is 1. The van der Waals surface area contributed by atoms with Crippen LogP contribution in [0.1, 0.15) is 24.5 Å². The van der Waals surface area contributed by atoms with Crippen molar-refractivity contribution >= 4 is 33.3 Å². The van der Waals surface area contributed by atoms with Crippen LogP contribution in [0.25, 0.3) is 0 Å². The van der Waals surface area contributed by atoms with Crippen LogP contribution in [0.3, 0.4) is 0 Å². The summed E-state index contributed by atoms with van der Waals surface area (Å²) in [6.45, 7) is 6.84. The highest BCUT2D eigenvalue weighted by Crippen LogP contribution is 2.34. The second-order valence-corrected chi connectivity index (χ2v) is 5.91. The molecule has 0 spiro atoms. The maximum atomic E-state index is 6.17. The Kier molecular flexibility index (Phi) is 5.42. The minimum atomic E-state index is 0.477. The number of rotatable bonds is 5. The van der Waals surface area contributed by atoms with Crippen molar-refractivity contribution in [2.24, 2.45) is 0 Å². The van der Waals surface area contributed by atoms with E-state index < -0.39 is 0 Å². The molecule has 0 unspecified atom stereocenters. The lowest BCUT2D eigenvalue weighted by molar-refractivity contribution is 0.458. The molecule has 0 aliphatic carbocycles. The van der Waals surface area contributed by atoms with Crippen LogP contribution >= 0.6 is 27.5 Å². The van der Waals surface area contributed by atoms with E-state index in [2.05, 4.69) is 38.1 Å². The van der Waals surface area contributed by atoms with Crippen molar-refractivity contribution in [3.63, 3.8) is 0 Å². The molecule has 112 valence electrons. The fourth-order valence-electron chi connectivity index (χ4n) is 1.87. The van der Waals surface area contributed by atoms with Crippen molar-refractivity contribution in [2.75, 3.05) is 11.9 Å². The predicted octanol–water partition coefficient (Wildman–Crippen LogP) is 5.12. The van der Waals surface area contributed by atoms with Gasteiger partial charge in [-0.15, -0.1) is 0 Å². The smallest absolute Gasteiger partial charge is 0.238 e. The Morgan fingerprint density at radius 1 is 1.24 bits per heavy atom. The van der Waals surface area contributed by atoms with E-state index in [-0.39, 0.29) is 0 Å². The maximum absolute atomic E-state index is 6.17. The number of nitrogens with one attached hydrogen (secondary N) is 1. The van der Waals surface area contributed by atoms with E-state index in [0.29, 0.717) is 16.1 Å². The standard InChI is InChI=1S/C15H17BrClN3O/c1-4-5-18-14-12(16)15(20-8-19-14)21-11-6-9(2)13(17)10(3)7-11/h6-8H,4-5H2,1-3H3,(H,18,19,20). The molecule has 21 heavy (non-hydrogen) atoms. The molecule has 0 saturated carbocycles. The van der Waals surface area contributed by atoms with E-state index in [1.165, 1.54) is 6.33 Å². The second-order valence-electron chi connectivity index (χ2n) is 4.74. The molecule has 4 nitrogen and oxygen atoms in total. The predicted molar refractivity (Wildman–Crippen MR) is 89.5 cm³/mol. The highest BCUT2D eigenvalue weighted by Gasteiger charge is 2.12. The number of hydrogen-bond acceptors (Lipinski definition) is 4. The molecule has 0 aliphatic heterocycles. The maximum Gasteiger partial charge on any atom is 0.238 e. The molecule has 0 fully saturated rings. The van der Waals surface area contributed by atoms with Gasteiger partial charge in [0.05, 0.1) is 0 Å². The van der Waals surface area contributed by atoms with Gasteiger partial charge in [-0.1, -0.05) is 18.5 Å². The third-order valence-corrected chi connectivity index (χ3v) is 4.24. The van der Waals surface area contributed by atoms with Gasteiger partial charge in [0.2, 0.25) is 5.88 Å². The minimum absolute atomic E-state index is 0.477. The summed E-state index contributed by atoms with van der Waals surface area (Å²) >= 11 is 9.65. The molecule has 0 atom stereocenters. The van der Waals surface area contributed by atoms with Crippen molar-refractivity contribution in [1.29, 1.82) is 0 Å². The molecular weight excluding hydrogens is 354 g/mol. The van der Waals surface area contributed by atoms with Crippen LogP contribution in [0, 0.1) is 13.8 Å². The van der Waals surface area contributed by atoms with Gasteiger partial charge in [-0.3, -0.25) is 0 Å². The highest BCUT2D eigenvalue weighted by molar-refractivity contribution is 9.10. The normalized spacial score (nSPS) is 10.5. The summed E-state index contributed by atoms with van der Waals surface area (Å²) in [5.41, 5.74) is 1.95. The molecule has 2 aromatic rings. The Labute approximate surface area is 138 Å². The Morgan fingerprint density at radius 3 is 2.52 bits per heavy atom. The number of aromatic nitrogens is 2. The van der Waals surface area contributed by atoms with E-state index in [0.717, 1.165) is 34.9 Å². The van der Waals surface area contributed by atoms with Crippen molar-refractivity contribution in [1.82, 2.24) is 9.97 Å². The van der Waals surface area contributed by atoms with Gasteiger partial charge in [0, 0.05) is 11.6 Å². The molecule has 6 heteroatoms. The van der Waals surface area contributed by atoms with E-state index in [9.17, 15) is 0 Å². The largest absolute Gasteiger partial charge is 0.438 e. The number of anilines is 1. The fourth-order valence-corrected chi connectivity index (χ4v) is 2.40. The lowest BCUT2D eigenvalue weighted by atomic mass is 10.1. The molecule has 0 radical (unpaired) electrons. The van der Waals surface area contributed by atoms with E-state index in [4.69, 9.17) is 16.3 Å². The van der Waals surface area contributed by atoms with E-state index >= 15 is 0 Å². The third kappa shape index (κ3) is 3.86. The van der Waals surface area contributed by atoms with Gasteiger partial charge in [0.15, 0.2) is 0 Å². The van der Waals surface area contributed by atoms with Gasteiger partial charge in [-0.05, 0) is 59.5 Å². The van der Waals surface area contributed by atoms with Crippen LogP contribution in [0.5, 0.6) is 11.6 Å². The summed E-state index contributed by atoms with van der Waals surface area (Å²) < 4.78 is 6.56. The summed E-state index contributed by atoms with van der Waals surface area (Å²) in [7, 11) is 0. The molecular formula is C15H17BrClN3O. The van der Waals surface area contributed by atoms with Crippen molar-refractivity contribution < 1.29 is 4.74 Å². The summed E-state index contributed by atoms with van der Waals surface area (Å²) in [4.78, 5) is 8.37. The number of nitrogens with zero attached hydrogens (tertiary/aromatic N) is 2. The Bertz CT molecular complexity index is 626. The average molecular weight is 371 g/mol. The molecule has 1 N–H and O–H groups in total. The van der Waals surface area contributed by atoms with Crippen molar-refractivity contribution in [3.8, 4) is 11.6 Å². The van der Waals surface area contributed by atoms with Crippen LogP contribution < -0.4 is 10.1 Å².